The standard InChI is InChI=1S/C14H24N4S/c1-2-15-9-13-11-19-14(16-13)18-7-5-17(6-8-18)10-12-3-4-12/h11-12,15H,2-10H2,1H3. The first-order valence-electron chi connectivity index (χ1n) is 7.47. The molecule has 106 valence electrons. The Labute approximate surface area is 119 Å². The fourth-order valence-corrected chi connectivity index (χ4v) is 3.44. The van der Waals surface area contributed by atoms with Gasteiger partial charge in [0.2, 0.25) is 0 Å². The molecule has 4 nitrogen and oxygen atoms in total. The van der Waals surface area contributed by atoms with Crippen LogP contribution in [-0.2, 0) is 6.54 Å². The zero-order valence-electron chi connectivity index (χ0n) is 11.8. The van der Waals surface area contributed by atoms with Gasteiger partial charge in [-0.25, -0.2) is 4.98 Å². The van der Waals surface area contributed by atoms with Crippen molar-refractivity contribution < 1.29 is 0 Å². The Kier molecular flexibility index (Phi) is 4.35. The van der Waals surface area contributed by atoms with Crippen molar-refractivity contribution in [3.63, 3.8) is 0 Å². The molecule has 2 fully saturated rings. The van der Waals surface area contributed by atoms with Crippen molar-refractivity contribution in [2.45, 2.75) is 26.3 Å². The molecule has 0 unspecified atom stereocenters. The average Bonchev–Trinajstić information content (AvgIpc) is 3.13. The summed E-state index contributed by atoms with van der Waals surface area (Å²) in [5.74, 6) is 1.01. The maximum absolute atomic E-state index is 4.73. The lowest BCUT2D eigenvalue weighted by atomic mass is 10.3. The topological polar surface area (TPSA) is 31.4 Å². The molecule has 1 aliphatic heterocycles. The minimum Gasteiger partial charge on any atom is -0.346 e. The second-order valence-corrected chi connectivity index (χ2v) is 6.47. The number of rotatable bonds is 6. The lowest BCUT2D eigenvalue weighted by Gasteiger charge is -2.34. The fourth-order valence-electron chi connectivity index (χ4n) is 2.56. The molecule has 1 saturated carbocycles. The van der Waals surface area contributed by atoms with Gasteiger partial charge in [-0.15, -0.1) is 11.3 Å². The highest BCUT2D eigenvalue weighted by Gasteiger charge is 2.26. The molecule has 5 heteroatoms. The maximum Gasteiger partial charge on any atom is 0.185 e. The summed E-state index contributed by atoms with van der Waals surface area (Å²) in [6.45, 7) is 10.1. The van der Waals surface area contributed by atoms with Gasteiger partial charge in [0.05, 0.1) is 5.69 Å². The molecule has 2 aliphatic rings. The lowest BCUT2D eigenvalue weighted by molar-refractivity contribution is 0.248. The van der Waals surface area contributed by atoms with Gasteiger partial charge in [-0.05, 0) is 25.3 Å². The Balaban J connectivity index is 1.48. The van der Waals surface area contributed by atoms with E-state index in [1.54, 1.807) is 11.3 Å². The minimum atomic E-state index is 0.897. The number of nitrogens with zero attached hydrogens (tertiary/aromatic N) is 3. The fraction of sp³-hybridized carbons (Fsp3) is 0.786. The van der Waals surface area contributed by atoms with Gasteiger partial charge in [-0.1, -0.05) is 6.92 Å². The van der Waals surface area contributed by atoms with Crippen LogP contribution >= 0.6 is 11.3 Å². The summed E-state index contributed by atoms with van der Waals surface area (Å²) in [6.07, 6.45) is 2.92. The summed E-state index contributed by atoms with van der Waals surface area (Å²) in [5.41, 5.74) is 1.18. The Morgan fingerprint density at radius 1 is 1.32 bits per heavy atom. The third-order valence-corrected chi connectivity index (χ3v) is 4.90. The molecule has 1 saturated heterocycles. The largest absolute Gasteiger partial charge is 0.346 e. The van der Waals surface area contributed by atoms with Gasteiger partial charge in [0.15, 0.2) is 5.13 Å². The van der Waals surface area contributed by atoms with Crippen LogP contribution in [0.1, 0.15) is 25.5 Å². The van der Waals surface area contributed by atoms with Crippen molar-refractivity contribution in [2.75, 3.05) is 44.2 Å². The third-order valence-electron chi connectivity index (χ3n) is 3.95. The number of hydrogen-bond acceptors (Lipinski definition) is 5. The van der Waals surface area contributed by atoms with E-state index in [4.69, 9.17) is 4.98 Å². The van der Waals surface area contributed by atoms with E-state index in [1.807, 2.05) is 0 Å². The summed E-state index contributed by atoms with van der Waals surface area (Å²) in [4.78, 5) is 9.81. The number of anilines is 1. The van der Waals surface area contributed by atoms with Crippen molar-refractivity contribution in [3.05, 3.63) is 11.1 Å². The van der Waals surface area contributed by atoms with Crippen molar-refractivity contribution in [3.8, 4) is 0 Å². The van der Waals surface area contributed by atoms with E-state index >= 15 is 0 Å². The second-order valence-electron chi connectivity index (χ2n) is 5.63. The summed E-state index contributed by atoms with van der Waals surface area (Å²) in [5, 5.41) is 6.73. The molecule has 2 heterocycles. The molecule has 19 heavy (non-hydrogen) atoms. The number of nitrogens with one attached hydrogen (secondary N) is 1. The zero-order valence-corrected chi connectivity index (χ0v) is 12.6. The molecule has 3 rings (SSSR count). The smallest absolute Gasteiger partial charge is 0.185 e. The Morgan fingerprint density at radius 2 is 2.11 bits per heavy atom. The van der Waals surface area contributed by atoms with E-state index < -0.39 is 0 Å². The van der Waals surface area contributed by atoms with Gasteiger partial charge in [-0.2, -0.15) is 0 Å². The van der Waals surface area contributed by atoms with Crippen LogP contribution in [0.15, 0.2) is 5.38 Å². The van der Waals surface area contributed by atoms with Gasteiger partial charge < -0.3 is 10.2 Å². The molecular formula is C14H24N4S. The van der Waals surface area contributed by atoms with Gasteiger partial charge in [0.25, 0.3) is 0 Å². The van der Waals surface area contributed by atoms with E-state index in [0.29, 0.717) is 0 Å². The molecule has 1 aliphatic carbocycles. The first-order chi connectivity index (χ1) is 9.35. The molecule has 0 atom stereocenters. The van der Waals surface area contributed by atoms with Gasteiger partial charge in [0.1, 0.15) is 0 Å². The number of hydrogen-bond donors (Lipinski definition) is 1. The monoisotopic (exact) mass is 280 g/mol. The number of aromatic nitrogens is 1. The van der Waals surface area contributed by atoms with E-state index in [-0.39, 0.29) is 0 Å². The van der Waals surface area contributed by atoms with E-state index in [0.717, 1.165) is 32.1 Å². The highest BCUT2D eigenvalue weighted by Crippen LogP contribution is 2.30. The number of thiazole rings is 1. The van der Waals surface area contributed by atoms with Crippen molar-refractivity contribution in [1.82, 2.24) is 15.2 Å². The van der Waals surface area contributed by atoms with Gasteiger partial charge in [-0.3, -0.25) is 4.90 Å². The van der Waals surface area contributed by atoms with E-state index in [2.05, 4.69) is 27.4 Å². The van der Waals surface area contributed by atoms with E-state index in [9.17, 15) is 0 Å². The van der Waals surface area contributed by atoms with Crippen LogP contribution in [-0.4, -0.2) is 49.2 Å². The highest BCUT2D eigenvalue weighted by atomic mass is 32.1. The molecule has 0 radical (unpaired) electrons. The highest BCUT2D eigenvalue weighted by molar-refractivity contribution is 7.13. The SMILES string of the molecule is CCNCc1csc(N2CCN(CC3CC3)CC2)n1. The van der Waals surface area contributed by atoms with Crippen molar-refractivity contribution in [2.24, 2.45) is 5.92 Å². The van der Waals surface area contributed by atoms with Crippen LogP contribution in [0.3, 0.4) is 0 Å². The predicted molar refractivity (Wildman–Crippen MR) is 80.9 cm³/mol. The van der Waals surface area contributed by atoms with Crippen LogP contribution < -0.4 is 10.2 Å². The zero-order chi connectivity index (χ0) is 13.1. The van der Waals surface area contributed by atoms with Crippen LogP contribution in [0.5, 0.6) is 0 Å². The maximum atomic E-state index is 4.73. The molecule has 0 bridgehead atoms. The van der Waals surface area contributed by atoms with Crippen molar-refractivity contribution >= 4 is 16.5 Å². The molecule has 0 aromatic carbocycles. The summed E-state index contributed by atoms with van der Waals surface area (Å²) in [6, 6.07) is 0. The summed E-state index contributed by atoms with van der Waals surface area (Å²) < 4.78 is 0. The predicted octanol–water partition coefficient (Wildman–Crippen LogP) is 1.78. The van der Waals surface area contributed by atoms with Crippen LogP contribution in [0, 0.1) is 5.92 Å². The molecule has 0 amide bonds. The molecule has 1 aromatic rings. The molecule has 0 spiro atoms. The summed E-state index contributed by atoms with van der Waals surface area (Å²) in [7, 11) is 0. The Morgan fingerprint density at radius 3 is 2.79 bits per heavy atom. The van der Waals surface area contributed by atoms with Crippen LogP contribution in [0.4, 0.5) is 5.13 Å². The van der Waals surface area contributed by atoms with E-state index in [1.165, 1.54) is 43.3 Å². The second kappa shape index (κ2) is 6.20. The first-order valence-corrected chi connectivity index (χ1v) is 8.35. The Hall–Kier alpha value is -0.650. The Bertz CT molecular complexity index is 394. The minimum absolute atomic E-state index is 0.897. The van der Waals surface area contributed by atoms with Crippen molar-refractivity contribution in [1.29, 1.82) is 0 Å². The normalized spacial score (nSPS) is 21.0. The average molecular weight is 280 g/mol. The molecular weight excluding hydrogens is 256 g/mol. The molecule has 1 N–H and O–H groups in total. The first kappa shape index (κ1) is 13.3. The quantitative estimate of drug-likeness (QED) is 0.861. The van der Waals surface area contributed by atoms with Gasteiger partial charge >= 0.3 is 0 Å². The third kappa shape index (κ3) is 3.68. The lowest BCUT2D eigenvalue weighted by Crippen LogP contribution is -2.47. The summed E-state index contributed by atoms with van der Waals surface area (Å²) >= 11 is 1.79. The van der Waals surface area contributed by atoms with Crippen LogP contribution in [0.25, 0.3) is 0 Å². The van der Waals surface area contributed by atoms with Gasteiger partial charge in [0, 0.05) is 44.6 Å². The molecule has 1 aromatic heterocycles. The van der Waals surface area contributed by atoms with Crippen LogP contribution in [0.2, 0.25) is 0 Å². The number of piperazine rings is 1.